The lowest BCUT2D eigenvalue weighted by Crippen LogP contribution is -2.15. The van der Waals surface area contributed by atoms with Crippen molar-refractivity contribution in [2.75, 3.05) is 20.6 Å². The molecule has 0 fully saturated rings. The first-order valence-corrected chi connectivity index (χ1v) is 4.91. The van der Waals surface area contributed by atoms with E-state index >= 15 is 0 Å². The van der Waals surface area contributed by atoms with Crippen LogP contribution in [0.3, 0.4) is 0 Å². The van der Waals surface area contributed by atoms with Crippen LogP contribution < -0.4 is 5.73 Å². The molecule has 5 heteroatoms. The number of amidine groups is 1. The summed E-state index contributed by atoms with van der Waals surface area (Å²) in [6.45, 7) is 0.977. The molecule has 3 N–H and O–H groups in total. The highest BCUT2D eigenvalue weighted by atomic mass is 32.1. The van der Waals surface area contributed by atoms with Crippen molar-refractivity contribution in [3.05, 3.63) is 16.1 Å². The third-order valence-corrected chi connectivity index (χ3v) is 2.51. The minimum absolute atomic E-state index is 0.0485. The van der Waals surface area contributed by atoms with E-state index in [0.717, 1.165) is 18.0 Å². The van der Waals surface area contributed by atoms with Gasteiger partial charge in [0.25, 0.3) is 0 Å². The van der Waals surface area contributed by atoms with Gasteiger partial charge < -0.3 is 10.6 Å². The van der Waals surface area contributed by atoms with E-state index in [4.69, 9.17) is 11.1 Å². The van der Waals surface area contributed by atoms with Gasteiger partial charge in [0.15, 0.2) is 0 Å². The van der Waals surface area contributed by atoms with Crippen LogP contribution in [0, 0.1) is 5.41 Å². The van der Waals surface area contributed by atoms with Crippen molar-refractivity contribution in [3.8, 4) is 0 Å². The zero-order valence-electron chi connectivity index (χ0n) is 7.87. The van der Waals surface area contributed by atoms with Crippen molar-refractivity contribution >= 4 is 17.2 Å². The molecule has 0 unspecified atom stereocenters. The summed E-state index contributed by atoms with van der Waals surface area (Å²) in [6, 6.07) is 0. The summed E-state index contributed by atoms with van der Waals surface area (Å²) in [5.74, 6) is 0.0485. The molecule has 0 aromatic carbocycles. The molecule has 1 rings (SSSR count). The number of nitrogens with one attached hydrogen (secondary N) is 1. The zero-order valence-corrected chi connectivity index (χ0v) is 8.69. The summed E-state index contributed by atoms with van der Waals surface area (Å²) in [6.07, 6.45) is 0.922. The predicted octanol–water partition coefficient (Wildman–Crippen LogP) is 0.531. The molecule has 0 aliphatic rings. The van der Waals surface area contributed by atoms with Gasteiger partial charge in [-0.1, -0.05) is 0 Å². The SMILES string of the molecule is CN(C)CCc1nc(C(=N)N)cs1. The average molecular weight is 198 g/mol. The molecule has 1 heterocycles. The van der Waals surface area contributed by atoms with Crippen molar-refractivity contribution in [2.45, 2.75) is 6.42 Å². The van der Waals surface area contributed by atoms with Crippen molar-refractivity contribution in [2.24, 2.45) is 5.73 Å². The normalized spacial score (nSPS) is 10.7. The van der Waals surface area contributed by atoms with Gasteiger partial charge in [-0.25, -0.2) is 4.98 Å². The second kappa shape index (κ2) is 4.34. The highest BCUT2D eigenvalue weighted by Gasteiger charge is 2.03. The summed E-state index contributed by atoms with van der Waals surface area (Å²) < 4.78 is 0. The first-order valence-electron chi connectivity index (χ1n) is 4.03. The number of nitrogen functional groups attached to an aromatic ring is 1. The number of thiazole rings is 1. The molecule has 0 saturated heterocycles. The van der Waals surface area contributed by atoms with Crippen molar-refractivity contribution in [1.82, 2.24) is 9.88 Å². The van der Waals surface area contributed by atoms with Crippen LogP contribution in [-0.2, 0) is 6.42 Å². The van der Waals surface area contributed by atoms with E-state index in [-0.39, 0.29) is 5.84 Å². The molecular weight excluding hydrogens is 184 g/mol. The van der Waals surface area contributed by atoms with E-state index in [0.29, 0.717) is 5.69 Å². The van der Waals surface area contributed by atoms with E-state index < -0.39 is 0 Å². The molecule has 0 bridgehead atoms. The van der Waals surface area contributed by atoms with Crippen LogP contribution in [0.2, 0.25) is 0 Å². The summed E-state index contributed by atoms with van der Waals surface area (Å²) in [5, 5.41) is 10.0. The molecule has 13 heavy (non-hydrogen) atoms. The third kappa shape index (κ3) is 3.12. The van der Waals surface area contributed by atoms with Crippen LogP contribution >= 0.6 is 11.3 Å². The molecule has 0 spiro atoms. The Bertz CT molecular complexity index is 292. The number of nitrogens with two attached hydrogens (primary N) is 1. The van der Waals surface area contributed by atoms with Crippen molar-refractivity contribution in [1.29, 1.82) is 5.41 Å². The molecule has 0 aliphatic heterocycles. The number of nitrogens with zero attached hydrogens (tertiary/aromatic N) is 2. The van der Waals surface area contributed by atoms with Crippen LogP contribution in [-0.4, -0.2) is 36.4 Å². The minimum atomic E-state index is 0.0485. The van der Waals surface area contributed by atoms with Crippen LogP contribution in [0.5, 0.6) is 0 Å². The molecule has 0 aliphatic carbocycles. The topological polar surface area (TPSA) is 66.0 Å². The fraction of sp³-hybridized carbons (Fsp3) is 0.500. The summed E-state index contributed by atoms with van der Waals surface area (Å²) >= 11 is 1.56. The molecular formula is C8H14N4S. The maximum absolute atomic E-state index is 7.18. The average Bonchev–Trinajstić information content (AvgIpc) is 2.48. The monoisotopic (exact) mass is 198 g/mol. The lowest BCUT2D eigenvalue weighted by Gasteiger charge is -2.06. The molecule has 0 radical (unpaired) electrons. The summed E-state index contributed by atoms with van der Waals surface area (Å²) in [4.78, 5) is 6.33. The first-order chi connectivity index (χ1) is 6.09. The number of hydrogen-bond donors (Lipinski definition) is 2. The van der Waals surface area contributed by atoms with Gasteiger partial charge in [0.1, 0.15) is 11.5 Å². The quantitative estimate of drug-likeness (QED) is 0.548. The summed E-state index contributed by atoms with van der Waals surface area (Å²) in [7, 11) is 4.05. The van der Waals surface area contributed by atoms with Crippen molar-refractivity contribution in [3.63, 3.8) is 0 Å². The lowest BCUT2D eigenvalue weighted by molar-refractivity contribution is 0.413. The number of aromatic nitrogens is 1. The van der Waals surface area contributed by atoms with Gasteiger partial charge in [-0.15, -0.1) is 11.3 Å². The van der Waals surface area contributed by atoms with Crippen molar-refractivity contribution < 1.29 is 0 Å². The number of hydrogen-bond acceptors (Lipinski definition) is 4. The predicted molar refractivity (Wildman–Crippen MR) is 55.4 cm³/mol. The Labute approximate surface area is 81.9 Å². The van der Waals surface area contributed by atoms with E-state index in [2.05, 4.69) is 9.88 Å². The zero-order chi connectivity index (χ0) is 9.84. The maximum Gasteiger partial charge on any atom is 0.142 e. The fourth-order valence-corrected chi connectivity index (χ4v) is 1.66. The van der Waals surface area contributed by atoms with Gasteiger partial charge in [-0.2, -0.15) is 0 Å². The highest BCUT2D eigenvalue weighted by Crippen LogP contribution is 2.09. The second-order valence-corrected chi connectivity index (χ2v) is 4.04. The Hall–Kier alpha value is -0.940. The van der Waals surface area contributed by atoms with E-state index in [1.54, 1.807) is 11.3 Å². The molecule has 1 aromatic heterocycles. The molecule has 1 aromatic rings. The Kier molecular flexibility index (Phi) is 3.39. The van der Waals surface area contributed by atoms with Gasteiger partial charge in [-0.3, -0.25) is 5.41 Å². The number of likely N-dealkylation sites (N-methyl/N-ethyl adjacent to an activating group) is 1. The Morgan fingerprint density at radius 3 is 2.85 bits per heavy atom. The van der Waals surface area contributed by atoms with Crippen LogP contribution in [0.25, 0.3) is 0 Å². The second-order valence-electron chi connectivity index (χ2n) is 3.09. The highest BCUT2D eigenvalue weighted by molar-refractivity contribution is 7.09. The van der Waals surface area contributed by atoms with Gasteiger partial charge in [0.05, 0.1) is 5.01 Å². The van der Waals surface area contributed by atoms with Crippen LogP contribution in [0.15, 0.2) is 5.38 Å². The smallest absolute Gasteiger partial charge is 0.142 e. The van der Waals surface area contributed by atoms with Crippen LogP contribution in [0.1, 0.15) is 10.7 Å². The Morgan fingerprint density at radius 1 is 1.69 bits per heavy atom. The Morgan fingerprint density at radius 2 is 2.38 bits per heavy atom. The van der Waals surface area contributed by atoms with E-state index in [1.165, 1.54) is 0 Å². The standard InChI is InChI=1S/C8H14N4S/c1-12(2)4-3-7-11-6(5-13-7)8(9)10/h5H,3-4H2,1-2H3,(H3,9,10). The maximum atomic E-state index is 7.18. The summed E-state index contributed by atoms with van der Waals surface area (Å²) in [5.41, 5.74) is 5.90. The lowest BCUT2D eigenvalue weighted by atomic mass is 10.4. The van der Waals surface area contributed by atoms with Gasteiger partial charge in [0.2, 0.25) is 0 Å². The van der Waals surface area contributed by atoms with Gasteiger partial charge in [0, 0.05) is 18.3 Å². The number of rotatable bonds is 4. The van der Waals surface area contributed by atoms with E-state index in [9.17, 15) is 0 Å². The molecule has 4 nitrogen and oxygen atoms in total. The fourth-order valence-electron chi connectivity index (χ4n) is 0.869. The van der Waals surface area contributed by atoms with Gasteiger partial charge >= 0.3 is 0 Å². The van der Waals surface area contributed by atoms with E-state index in [1.807, 2.05) is 19.5 Å². The molecule has 0 atom stereocenters. The largest absolute Gasteiger partial charge is 0.382 e. The van der Waals surface area contributed by atoms with Crippen LogP contribution in [0.4, 0.5) is 0 Å². The Balaban J connectivity index is 2.54. The minimum Gasteiger partial charge on any atom is -0.382 e. The van der Waals surface area contributed by atoms with Gasteiger partial charge in [-0.05, 0) is 14.1 Å². The molecule has 0 amide bonds. The first kappa shape index (κ1) is 10.1. The molecule has 72 valence electrons. The third-order valence-electron chi connectivity index (χ3n) is 1.60. The molecule has 0 saturated carbocycles.